The minimum Gasteiger partial charge on any atom is -0.302 e. The topological polar surface area (TPSA) is 22.0 Å². The van der Waals surface area contributed by atoms with E-state index in [4.69, 9.17) is 0 Å². The Balaban J connectivity index is 2.65. The van der Waals surface area contributed by atoms with Crippen LogP contribution >= 0.6 is 0 Å². The zero-order valence-electron chi connectivity index (χ0n) is 16.5. The van der Waals surface area contributed by atoms with Crippen LogP contribution in [0.25, 0.3) is 21.7 Å². The van der Waals surface area contributed by atoms with Crippen molar-refractivity contribution in [1.29, 1.82) is 0 Å². The second-order valence-electron chi connectivity index (χ2n) is 9.02. The molecule has 3 rings (SSSR count). The number of halogens is 3. The number of aromatic nitrogens is 1. The summed E-state index contributed by atoms with van der Waals surface area (Å²) in [6, 6.07) is 9.67. The van der Waals surface area contributed by atoms with E-state index in [1.807, 2.05) is 39.0 Å². The van der Waals surface area contributed by atoms with Gasteiger partial charge < -0.3 is 4.57 Å². The Morgan fingerprint density at radius 1 is 0.852 bits per heavy atom. The fourth-order valence-electron chi connectivity index (χ4n) is 3.54. The van der Waals surface area contributed by atoms with Gasteiger partial charge in [0.15, 0.2) is 0 Å². The number of hydrogen-bond donors (Lipinski definition) is 0. The van der Waals surface area contributed by atoms with Crippen LogP contribution in [-0.2, 0) is 17.1 Å². The molecule has 0 saturated heterocycles. The van der Waals surface area contributed by atoms with Crippen molar-refractivity contribution < 1.29 is 13.2 Å². The smallest absolute Gasteiger partial charge is 0.302 e. The molecule has 0 amide bonds. The summed E-state index contributed by atoms with van der Waals surface area (Å²) in [5.41, 5.74) is -0.663. The van der Waals surface area contributed by atoms with Crippen LogP contribution in [0.3, 0.4) is 0 Å². The molecular weight excluding hydrogens is 351 g/mol. The van der Waals surface area contributed by atoms with Crippen LogP contribution in [-0.4, -0.2) is 4.57 Å². The third kappa shape index (κ3) is 3.24. The molecule has 5 heteroatoms. The minimum atomic E-state index is -4.59. The van der Waals surface area contributed by atoms with Crippen molar-refractivity contribution in [2.45, 2.75) is 58.7 Å². The van der Waals surface area contributed by atoms with Gasteiger partial charge in [0.25, 0.3) is 5.56 Å². The lowest BCUT2D eigenvalue weighted by Gasteiger charge is -2.27. The Bertz CT molecular complexity index is 1090. The number of pyridine rings is 1. The normalized spacial score (nSPS) is 13.5. The van der Waals surface area contributed by atoms with E-state index in [2.05, 4.69) is 20.8 Å². The van der Waals surface area contributed by atoms with E-state index in [1.54, 1.807) is 6.07 Å². The van der Waals surface area contributed by atoms with Crippen LogP contribution < -0.4 is 5.56 Å². The van der Waals surface area contributed by atoms with Crippen molar-refractivity contribution in [1.82, 2.24) is 4.57 Å². The Hall–Kier alpha value is -2.30. The molecule has 0 aliphatic rings. The molecule has 0 aliphatic carbocycles. The minimum absolute atomic E-state index is 0.162. The first-order valence-corrected chi connectivity index (χ1v) is 8.92. The number of benzene rings is 2. The summed E-state index contributed by atoms with van der Waals surface area (Å²) in [5, 5.41) is 0.743. The van der Waals surface area contributed by atoms with Crippen LogP contribution in [0.15, 0.2) is 41.2 Å². The molecule has 27 heavy (non-hydrogen) atoms. The van der Waals surface area contributed by atoms with Gasteiger partial charge in [-0.1, -0.05) is 39.0 Å². The second-order valence-corrected chi connectivity index (χ2v) is 9.02. The van der Waals surface area contributed by atoms with E-state index in [0.717, 1.165) is 11.6 Å². The van der Waals surface area contributed by atoms with Crippen LogP contribution in [0.1, 0.15) is 52.7 Å². The number of rotatable bonds is 0. The lowest BCUT2D eigenvalue weighted by atomic mass is 9.85. The van der Waals surface area contributed by atoms with Gasteiger partial charge in [-0.05, 0) is 55.3 Å². The Kier molecular flexibility index (Phi) is 4.21. The second kappa shape index (κ2) is 5.85. The van der Waals surface area contributed by atoms with Crippen molar-refractivity contribution in [3.63, 3.8) is 0 Å². The number of fused-ring (bicyclic) bond motifs is 3. The molecule has 3 aromatic rings. The maximum atomic E-state index is 13.6. The highest BCUT2D eigenvalue weighted by Gasteiger charge is 2.35. The molecule has 0 atom stereocenters. The van der Waals surface area contributed by atoms with Gasteiger partial charge in [0.05, 0.1) is 16.5 Å². The maximum Gasteiger partial charge on any atom is 0.417 e. The first-order chi connectivity index (χ1) is 12.2. The molecule has 1 heterocycles. The first-order valence-electron chi connectivity index (χ1n) is 8.92. The van der Waals surface area contributed by atoms with Crippen LogP contribution in [0, 0.1) is 0 Å². The van der Waals surface area contributed by atoms with E-state index in [9.17, 15) is 18.0 Å². The molecule has 0 bridgehead atoms. The standard InChI is InChI=1S/C22H24F3NO/c1-20(2,3)13-10-11-17-15(12-13)14-8-7-9-16(22(23,24)25)18(14)19(27)26(17)21(4,5)6/h7-12H,1-6H3. The van der Waals surface area contributed by atoms with Crippen LogP contribution in [0.2, 0.25) is 0 Å². The third-order valence-electron chi connectivity index (χ3n) is 4.85. The zero-order valence-corrected chi connectivity index (χ0v) is 16.5. The SMILES string of the molecule is CC(C)(C)c1ccc2c(c1)c1cccc(C(F)(F)F)c1c(=O)n2C(C)(C)C. The highest BCUT2D eigenvalue weighted by Crippen LogP contribution is 2.37. The van der Waals surface area contributed by atoms with Gasteiger partial charge in [-0.15, -0.1) is 0 Å². The Morgan fingerprint density at radius 3 is 2.00 bits per heavy atom. The molecule has 2 aromatic carbocycles. The molecule has 1 aromatic heterocycles. The molecule has 144 valence electrons. The van der Waals surface area contributed by atoms with E-state index in [-0.39, 0.29) is 10.8 Å². The van der Waals surface area contributed by atoms with Gasteiger partial charge in [0.1, 0.15) is 0 Å². The lowest BCUT2D eigenvalue weighted by molar-refractivity contribution is -0.136. The average molecular weight is 375 g/mol. The first kappa shape index (κ1) is 19.5. The van der Waals surface area contributed by atoms with Crippen molar-refractivity contribution >= 4 is 21.7 Å². The average Bonchev–Trinajstić information content (AvgIpc) is 2.51. The largest absolute Gasteiger partial charge is 0.417 e. The van der Waals surface area contributed by atoms with Gasteiger partial charge in [-0.25, -0.2) is 0 Å². The van der Waals surface area contributed by atoms with Crippen LogP contribution in [0.5, 0.6) is 0 Å². The molecule has 0 radical (unpaired) electrons. The fraction of sp³-hybridized carbons (Fsp3) is 0.409. The predicted molar refractivity (Wildman–Crippen MR) is 104 cm³/mol. The Morgan fingerprint density at radius 2 is 1.48 bits per heavy atom. The fourth-order valence-corrected chi connectivity index (χ4v) is 3.54. The Labute approximate surface area is 156 Å². The number of hydrogen-bond acceptors (Lipinski definition) is 1. The highest BCUT2D eigenvalue weighted by atomic mass is 19.4. The summed E-state index contributed by atoms with van der Waals surface area (Å²) in [6.07, 6.45) is -4.59. The lowest BCUT2D eigenvalue weighted by Crippen LogP contribution is -2.35. The predicted octanol–water partition coefficient (Wildman–Crippen LogP) is 6.23. The summed E-state index contributed by atoms with van der Waals surface area (Å²) < 4.78 is 42.4. The quantitative estimate of drug-likeness (QED) is 0.427. The maximum absolute atomic E-state index is 13.6. The van der Waals surface area contributed by atoms with Gasteiger partial charge in [-0.2, -0.15) is 13.2 Å². The molecule has 0 aliphatic heterocycles. The molecule has 0 unspecified atom stereocenters. The van der Waals surface area contributed by atoms with Gasteiger partial charge in [-0.3, -0.25) is 4.79 Å². The van der Waals surface area contributed by atoms with Crippen molar-refractivity contribution in [3.05, 3.63) is 57.9 Å². The summed E-state index contributed by atoms with van der Waals surface area (Å²) in [4.78, 5) is 13.2. The van der Waals surface area contributed by atoms with Gasteiger partial charge in [0.2, 0.25) is 0 Å². The van der Waals surface area contributed by atoms with E-state index in [0.29, 0.717) is 16.3 Å². The van der Waals surface area contributed by atoms with Crippen LogP contribution in [0.4, 0.5) is 13.2 Å². The van der Waals surface area contributed by atoms with Crippen molar-refractivity contribution in [2.75, 3.05) is 0 Å². The molecule has 2 nitrogen and oxygen atoms in total. The summed E-state index contributed by atoms with van der Waals surface area (Å²) in [6.45, 7) is 11.6. The van der Waals surface area contributed by atoms with E-state index < -0.39 is 22.8 Å². The molecule has 0 fully saturated rings. The molecule has 0 N–H and O–H groups in total. The summed E-state index contributed by atoms with van der Waals surface area (Å²) >= 11 is 0. The highest BCUT2D eigenvalue weighted by molar-refractivity contribution is 6.07. The zero-order chi connectivity index (χ0) is 20.4. The van der Waals surface area contributed by atoms with E-state index in [1.165, 1.54) is 10.6 Å². The third-order valence-corrected chi connectivity index (χ3v) is 4.85. The molecule has 0 saturated carbocycles. The van der Waals surface area contributed by atoms with Crippen molar-refractivity contribution in [3.8, 4) is 0 Å². The molecule has 0 spiro atoms. The number of alkyl halides is 3. The molecular formula is C22H24F3NO. The number of nitrogens with zero attached hydrogens (tertiary/aromatic N) is 1. The monoisotopic (exact) mass is 375 g/mol. The van der Waals surface area contributed by atoms with E-state index >= 15 is 0 Å². The van der Waals surface area contributed by atoms with Gasteiger partial charge in [0, 0.05) is 10.9 Å². The van der Waals surface area contributed by atoms with Gasteiger partial charge >= 0.3 is 6.18 Å². The summed E-state index contributed by atoms with van der Waals surface area (Å²) in [5.74, 6) is 0. The summed E-state index contributed by atoms with van der Waals surface area (Å²) in [7, 11) is 0. The van der Waals surface area contributed by atoms with Crippen molar-refractivity contribution in [2.24, 2.45) is 0 Å².